The van der Waals surface area contributed by atoms with Gasteiger partial charge < -0.3 is 9.64 Å². The van der Waals surface area contributed by atoms with Gasteiger partial charge in [0, 0.05) is 75.8 Å². The van der Waals surface area contributed by atoms with E-state index in [1.807, 2.05) is 10.9 Å². The van der Waals surface area contributed by atoms with Crippen LogP contribution in [0.1, 0.15) is 51.1 Å². The van der Waals surface area contributed by atoms with E-state index in [2.05, 4.69) is 42.0 Å². The first-order valence-electron chi connectivity index (χ1n) is 11.2. The molecule has 1 atom stereocenters. The van der Waals surface area contributed by atoms with E-state index in [9.17, 15) is 8.42 Å². The van der Waals surface area contributed by atoms with E-state index in [1.54, 1.807) is 4.31 Å². The number of likely N-dealkylation sites (N-methyl/N-ethyl adjacent to an activating group) is 1. The number of sulfonamides is 1. The molecule has 9 heteroatoms. The van der Waals surface area contributed by atoms with Gasteiger partial charge in [0.2, 0.25) is 10.0 Å². The molecule has 2 fully saturated rings. The highest BCUT2D eigenvalue weighted by molar-refractivity contribution is 7.88. The third-order valence-electron chi connectivity index (χ3n) is 6.33. The molecular weight excluding hydrogens is 402 g/mol. The molecule has 0 spiro atoms. The van der Waals surface area contributed by atoms with Gasteiger partial charge in [-0.1, -0.05) is 0 Å². The van der Waals surface area contributed by atoms with Crippen LogP contribution in [0, 0.1) is 0 Å². The van der Waals surface area contributed by atoms with Gasteiger partial charge in [-0.15, -0.1) is 0 Å². The van der Waals surface area contributed by atoms with Crippen molar-refractivity contribution in [2.75, 3.05) is 52.7 Å². The van der Waals surface area contributed by atoms with Gasteiger partial charge >= 0.3 is 0 Å². The van der Waals surface area contributed by atoms with E-state index in [0.717, 1.165) is 58.5 Å². The maximum Gasteiger partial charge on any atom is 0.211 e. The van der Waals surface area contributed by atoms with Crippen molar-refractivity contribution in [1.82, 2.24) is 23.9 Å². The molecule has 0 N–H and O–H groups in total. The SMILES string of the molecule is CC(C)n1cc(CN(C)CCN(C2CCOCC2)C2CCCN(S(C)(=O)=O)C2)cn1. The lowest BCUT2D eigenvalue weighted by Crippen LogP contribution is -2.55. The quantitative estimate of drug-likeness (QED) is 0.582. The van der Waals surface area contributed by atoms with Gasteiger partial charge in [-0.3, -0.25) is 9.58 Å². The van der Waals surface area contributed by atoms with Crippen LogP contribution in [0.15, 0.2) is 12.4 Å². The summed E-state index contributed by atoms with van der Waals surface area (Å²) in [5.41, 5.74) is 1.23. The fraction of sp³-hybridized carbons (Fsp3) is 0.857. The zero-order valence-electron chi connectivity index (χ0n) is 19.0. The molecule has 0 saturated carbocycles. The van der Waals surface area contributed by atoms with Gasteiger partial charge in [0.25, 0.3) is 0 Å². The number of hydrogen-bond acceptors (Lipinski definition) is 6. The van der Waals surface area contributed by atoms with Gasteiger partial charge in [-0.05, 0) is 46.6 Å². The highest BCUT2D eigenvalue weighted by atomic mass is 32.2. The van der Waals surface area contributed by atoms with Crippen LogP contribution >= 0.6 is 0 Å². The van der Waals surface area contributed by atoms with Crippen LogP contribution in [0.5, 0.6) is 0 Å². The average Bonchev–Trinajstić information content (AvgIpc) is 3.17. The first kappa shape index (κ1) is 23.7. The Morgan fingerprint density at radius 3 is 2.57 bits per heavy atom. The Morgan fingerprint density at radius 1 is 1.20 bits per heavy atom. The van der Waals surface area contributed by atoms with Crippen molar-refractivity contribution >= 4 is 10.0 Å². The highest BCUT2D eigenvalue weighted by Crippen LogP contribution is 2.24. The molecular formula is C21H39N5O3S. The molecule has 2 saturated heterocycles. The molecule has 1 aromatic heterocycles. The largest absolute Gasteiger partial charge is 0.381 e. The zero-order valence-corrected chi connectivity index (χ0v) is 19.9. The van der Waals surface area contributed by atoms with Crippen LogP contribution in [0.25, 0.3) is 0 Å². The molecule has 0 radical (unpaired) electrons. The van der Waals surface area contributed by atoms with Gasteiger partial charge in [-0.2, -0.15) is 5.10 Å². The summed E-state index contributed by atoms with van der Waals surface area (Å²) in [5, 5.41) is 4.45. The van der Waals surface area contributed by atoms with Crippen molar-refractivity contribution in [1.29, 1.82) is 0 Å². The Morgan fingerprint density at radius 2 is 1.93 bits per heavy atom. The molecule has 0 aromatic carbocycles. The van der Waals surface area contributed by atoms with Crippen LogP contribution in [0.4, 0.5) is 0 Å². The van der Waals surface area contributed by atoms with Crippen LogP contribution in [-0.4, -0.2) is 97.1 Å². The van der Waals surface area contributed by atoms with Crippen LogP contribution in [0.2, 0.25) is 0 Å². The number of hydrogen-bond donors (Lipinski definition) is 0. The third kappa shape index (κ3) is 6.50. The summed E-state index contributed by atoms with van der Waals surface area (Å²) in [5.74, 6) is 0. The zero-order chi connectivity index (χ0) is 21.7. The molecule has 1 aromatic rings. The summed E-state index contributed by atoms with van der Waals surface area (Å²) in [7, 11) is -0.986. The number of nitrogens with zero attached hydrogens (tertiary/aromatic N) is 5. The standard InChI is InChI=1S/C21H39N5O3S/c1-18(2)26-16-19(14-22-26)15-23(3)10-11-25(20-7-12-29-13-8-20)21-6-5-9-24(17-21)30(4,27)28/h14,16,18,20-21H,5-13,15,17H2,1-4H3. The van der Waals surface area contributed by atoms with Crippen molar-refractivity contribution < 1.29 is 13.2 Å². The number of rotatable bonds is 9. The number of piperidine rings is 1. The molecule has 8 nitrogen and oxygen atoms in total. The summed E-state index contributed by atoms with van der Waals surface area (Å²) in [4.78, 5) is 4.92. The Balaban J connectivity index is 1.62. The molecule has 0 aliphatic carbocycles. The third-order valence-corrected chi connectivity index (χ3v) is 7.60. The number of aromatic nitrogens is 2. The molecule has 0 amide bonds. The first-order chi connectivity index (χ1) is 14.2. The predicted octanol–water partition coefficient (Wildman–Crippen LogP) is 1.80. The lowest BCUT2D eigenvalue weighted by atomic mass is 9.99. The lowest BCUT2D eigenvalue weighted by molar-refractivity contribution is 0.00275. The van der Waals surface area contributed by atoms with E-state index in [-0.39, 0.29) is 6.04 Å². The van der Waals surface area contributed by atoms with Gasteiger partial charge in [-0.25, -0.2) is 12.7 Å². The van der Waals surface area contributed by atoms with Crippen LogP contribution in [0.3, 0.4) is 0 Å². The second-order valence-electron chi connectivity index (χ2n) is 9.16. The molecule has 172 valence electrons. The fourth-order valence-electron chi connectivity index (χ4n) is 4.59. The second kappa shape index (κ2) is 10.5. The molecule has 30 heavy (non-hydrogen) atoms. The summed E-state index contributed by atoms with van der Waals surface area (Å²) < 4.78 is 33.5. The van der Waals surface area contributed by atoms with E-state index in [1.165, 1.54) is 11.8 Å². The minimum atomic E-state index is -3.14. The smallest absolute Gasteiger partial charge is 0.211 e. The second-order valence-corrected chi connectivity index (χ2v) is 11.1. The summed E-state index contributed by atoms with van der Waals surface area (Å²) in [6.07, 6.45) is 9.47. The molecule has 1 unspecified atom stereocenters. The van der Waals surface area contributed by atoms with Gasteiger partial charge in [0.15, 0.2) is 0 Å². The predicted molar refractivity (Wildman–Crippen MR) is 119 cm³/mol. The van der Waals surface area contributed by atoms with Crippen LogP contribution < -0.4 is 0 Å². The van der Waals surface area contributed by atoms with E-state index in [0.29, 0.717) is 25.2 Å². The van der Waals surface area contributed by atoms with E-state index >= 15 is 0 Å². The summed E-state index contributed by atoms with van der Waals surface area (Å²) >= 11 is 0. The minimum absolute atomic E-state index is 0.286. The highest BCUT2D eigenvalue weighted by Gasteiger charge is 2.33. The normalized spacial score (nSPS) is 22.4. The maximum atomic E-state index is 12.1. The van der Waals surface area contributed by atoms with Crippen molar-refractivity contribution in [3.63, 3.8) is 0 Å². The van der Waals surface area contributed by atoms with E-state index < -0.39 is 10.0 Å². The van der Waals surface area contributed by atoms with Crippen molar-refractivity contribution in [3.8, 4) is 0 Å². The maximum absolute atomic E-state index is 12.1. The van der Waals surface area contributed by atoms with E-state index in [4.69, 9.17) is 4.74 Å². The van der Waals surface area contributed by atoms with Crippen LogP contribution in [-0.2, 0) is 21.3 Å². The first-order valence-corrected chi connectivity index (χ1v) is 13.1. The van der Waals surface area contributed by atoms with Crippen molar-refractivity contribution in [3.05, 3.63) is 18.0 Å². The molecule has 2 aliphatic heterocycles. The summed E-state index contributed by atoms with van der Waals surface area (Å²) in [6, 6.07) is 1.13. The van der Waals surface area contributed by atoms with Crippen molar-refractivity contribution in [2.45, 2.75) is 64.2 Å². The Hall–Kier alpha value is -1.00. The molecule has 3 rings (SSSR count). The molecule has 2 aliphatic rings. The molecule has 0 bridgehead atoms. The average molecular weight is 442 g/mol. The molecule has 3 heterocycles. The topological polar surface area (TPSA) is 70.9 Å². The number of ether oxygens (including phenoxy) is 1. The summed E-state index contributed by atoms with van der Waals surface area (Å²) in [6.45, 7) is 9.89. The Kier molecular flexibility index (Phi) is 8.31. The van der Waals surface area contributed by atoms with Gasteiger partial charge in [0.1, 0.15) is 0 Å². The Labute approximate surface area is 182 Å². The minimum Gasteiger partial charge on any atom is -0.381 e. The monoisotopic (exact) mass is 441 g/mol. The lowest BCUT2D eigenvalue weighted by Gasteiger charge is -2.44. The Bertz CT molecular complexity index is 760. The fourth-order valence-corrected chi connectivity index (χ4v) is 5.49. The van der Waals surface area contributed by atoms with Crippen molar-refractivity contribution in [2.24, 2.45) is 0 Å². The van der Waals surface area contributed by atoms with Gasteiger partial charge in [0.05, 0.1) is 12.5 Å².